The van der Waals surface area contributed by atoms with Gasteiger partial charge in [-0.25, -0.2) is 0 Å². The fraction of sp³-hybridized carbons (Fsp3) is 0.241. The summed E-state index contributed by atoms with van der Waals surface area (Å²) in [5.41, 5.74) is 4.38. The van der Waals surface area contributed by atoms with Crippen molar-refractivity contribution in [3.8, 4) is 0 Å². The number of nitrogens with one attached hydrogen (secondary N) is 3. The van der Waals surface area contributed by atoms with E-state index in [0.717, 1.165) is 27.7 Å². The van der Waals surface area contributed by atoms with Crippen molar-refractivity contribution in [2.45, 2.75) is 32.7 Å². The lowest BCUT2D eigenvalue weighted by atomic mass is 10.0. The molecule has 1 saturated heterocycles. The summed E-state index contributed by atoms with van der Waals surface area (Å²) in [7, 11) is 0. The molecule has 0 radical (unpaired) electrons. The summed E-state index contributed by atoms with van der Waals surface area (Å²) in [6, 6.07) is 15.1. The van der Waals surface area contributed by atoms with E-state index in [9.17, 15) is 14.4 Å². The van der Waals surface area contributed by atoms with Gasteiger partial charge in [-0.05, 0) is 66.6 Å². The lowest BCUT2D eigenvalue weighted by Crippen LogP contribution is -2.46. The van der Waals surface area contributed by atoms with Gasteiger partial charge in [0.2, 0.25) is 5.91 Å². The quantitative estimate of drug-likeness (QED) is 0.324. The SMILES string of the molecule is CC(=O)N1CCC(NC(=O)c2ccc(/C=C/c3n[nH]c4ccccc34)c(NC(=O)c3sccc3C)c2)CC1. The maximum Gasteiger partial charge on any atom is 0.266 e. The number of hydrogen-bond donors (Lipinski definition) is 3. The van der Waals surface area contributed by atoms with Gasteiger partial charge >= 0.3 is 0 Å². The van der Waals surface area contributed by atoms with Crippen molar-refractivity contribution in [3.63, 3.8) is 0 Å². The summed E-state index contributed by atoms with van der Waals surface area (Å²) in [4.78, 5) is 40.2. The Hall–Kier alpha value is -4.24. The number of thiophene rings is 1. The van der Waals surface area contributed by atoms with Crippen LogP contribution in [0.1, 0.15) is 56.6 Å². The molecule has 0 bridgehead atoms. The molecule has 3 heterocycles. The highest BCUT2D eigenvalue weighted by molar-refractivity contribution is 7.12. The topological polar surface area (TPSA) is 107 Å². The molecule has 0 saturated carbocycles. The molecule has 0 atom stereocenters. The molecule has 0 spiro atoms. The molecule has 38 heavy (non-hydrogen) atoms. The summed E-state index contributed by atoms with van der Waals surface area (Å²) in [6.45, 7) is 4.73. The van der Waals surface area contributed by atoms with E-state index in [4.69, 9.17) is 0 Å². The number of anilines is 1. The number of aromatic nitrogens is 2. The first-order valence-corrected chi connectivity index (χ1v) is 13.4. The van der Waals surface area contributed by atoms with Crippen LogP contribution in [0.25, 0.3) is 23.1 Å². The van der Waals surface area contributed by atoms with Crippen molar-refractivity contribution >= 4 is 57.8 Å². The average molecular weight is 528 g/mol. The Bertz CT molecular complexity index is 1530. The summed E-state index contributed by atoms with van der Waals surface area (Å²) in [6.07, 6.45) is 5.21. The van der Waals surface area contributed by atoms with Gasteiger partial charge in [0.25, 0.3) is 11.8 Å². The number of para-hydroxylation sites is 1. The first kappa shape index (κ1) is 25.4. The number of carbonyl (C=O) groups excluding carboxylic acids is 3. The number of rotatable bonds is 6. The Morgan fingerprint density at radius 3 is 2.58 bits per heavy atom. The van der Waals surface area contributed by atoms with Crippen molar-refractivity contribution in [3.05, 3.63) is 81.2 Å². The standard InChI is InChI=1S/C29H29N5O3S/c1-18-13-16-38-27(18)29(37)31-26-17-21(28(36)30-22-11-14-34(15-12-22)19(2)35)8-7-20(26)9-10-25-23-5-3-4-6-24(23)32-33-25/h3-10,13,16-17,22H,11-12,14-15H2,1-2H3,(H,30,36)(H,31,37)(H,32,33)/b10-9+. The third kappa shape index (κ3) is 5.52. The summed E-state index contributed by atoms with van der Waals surface area (Å²) in [5, 5.41) is 16.4. The second-order valence-corrected chi connectivity index (χ2v) is 10.3. The predicted molar refractivity (Wildman–Crippen MR) is 151 cm³/mol. The first-order chi connectivity index (χ1) is 18.4. The van der Waals surface area contributed by atoms with E-state index in [1.165, 1.54) is 11.3 Å². The lowest BCUT2D eigenvalue weighted by Gasteiger charge is -2.31. The van der Waals surface area contributed by atoms with Crippen molar-refractivity contribution in [2.75, 3.05) is 18.4 Å². The molecule has 1 aliphatic heterocycles. The van der Waals surface area contributed by atoms with E-state index in [1.807, 2.05) is 60.9 Å². The predicted octanol–water partition coefficient (Wildman–Crippen LogP) is 5.10. The normalized spacial score (nSPS) is 14.2. The average Bonchev–Trinajstić information content (AvgIpc) is 3.54. The molecule has 2 aromatic heterocycles. The maximum atomic E-state index is 13.1. The van der Waals surface area contributed by atoms with Gasteiger partial charge in [-0.1, -0.05) is 30.3 Å². The van der Waals surface area contributed by atoms with Gasteiger partial charge in [0.15, 0.2) is 0 Å². The van der Waals surface area contributed by atoms with E-state index >= 15 is 0 Å². The largest absolute Gasteiger partial charge is 0.349 e. The molecular formula is C29H29N5O3S. The monoisotopic (exact) mass is 527 g/mol. The van der Waals surface area contributed by atoms with Gasteiger partial charge in [-0.15, -0.1) is 11.3 Å². The van der Waals surface area contributed by atoms with Gasteiger partial charge in [-0.2, -0.15) is 5.10 Å². The zero-order valence-corrected chi connectivity index (χ0v) is 22.1. The smallest absolute Gasteiger partial charge is 0.266 e. The Balaban J connectivity index is 1.39. The Morgan fingerprint density at radius 1 is 1.05 bits per heavy atom. The van der Waals surface area contributed by atoms with E-state index in [-0.39, 0.29) is 23.8 Å². The van der Waals surface area contributed by atoms with Gasteiger partial charge < -0.3 is 15.5 Å². The minimum absolute atomic E-state index is 0.00238. The van der Waals surface area contributed by atoms with Crippen LogP contribution in [-0.4, -0.2) is 52.0 Å². The zero-order valence-electron chi connectivity index (χ0n) is 21.3. The molecule has 8 nitrogen and oxygen atoms in total. The molecule has 194 valence electrons. The van der Waals surface area contributed by atoms with Gasteiger partial charge in [0.1, 0.15) is 0 Å². The zero-order chi connectivity index (χ0) is 26.6. The van der Waals surface area contributed by atoms with Crippen LogP contribution in [0.15, 0.2) is 53.9 Å². The molecule has 1 aliphatic rings. The number of aromatic amines is 1. The van der Waals surface area contributed by atoms with Gasteiger partial charge in [0, 0.05) is 42.7 Å². The summed E-state index contributed by atoms with van der Waals surface area (Å²) >= 11 is 1.38. The number of fused-ring (bicyclic) bond motifs is 1. The number of amides is 3. The number of carbonyl (C=O) groups is 3. The first-order valence-electron chi connectivity index (χ1n) is 12.6. The van der Waals surface area contributed by atoms with E-state index in [0.29, 0.717) is 42.1 Å². The minimum atomic E-state index is -0.216. The highest BCUT2D eigenvalue weighted by atomic mass is 32.1. The molecule has 1 fully saturated rings. The molecule has 5 rings (SSSR count). The fourth-order valence-corrected chi connectivity index (χ4v) is 5.44. The summed E-state index contributed by atoms with van der Waals surface area (Å²) in [5.74, 6) is -0.364. The molecule has 3 N–H and O–H groups in total. The highest BCUT2D eigenvalue weighted by Gasteiger charge is 2.23. The Labute approximate surface area is 224 Å². The second kappa shape index (κ2) is 11.0. The number of benzene rings is 2. The number of piperidine rings is 1. The maximum absolute atomic E-state index is 13.1. The minimum Gasteiger partial charge on any atom is -0.349 e. The Morgan fingerprint density at radius 2 is 1.84 bits per heavy atom. The van der Waals surface area contributed by atoms with Crippen molar-refractivity contribution in [2.24, 2.45) is 0 Å². The van der Waals surface area contributed by atoms with Crippen LogP contribution >= 0.6 is 11.3 Å². The molecule has 4 aromatic rings. The lowest BCUT2D eigenvalue weighted by molar-refractivity contribution is -0.129. The summed E-state index contributed by atoms with van der Waals surface area (Å²) < 4.78 is 0. The number of hydrogen-bond acceptors (Lipinski definition) is 5. The van der Waals surface area contributed by atoms with Crippen LogP contribution in [-0.2, 0) is 4.79 Å². The van der Waals surface area contributed by atoms with Crippen LogP contribution in [0.4, 0.5) is 5.69 Å². The molecule has 2 aromatic carbocycles. The number of H-pyrrole nitrogens is 1. The number of nitrogens with zero attached hydrogens (tertiary/aromatic N) is 2. The Kier molecular flexibility index (Phi) is 7.37. The number of aryl methyl sites for hydroxylation is 1. The van der Waals surface area contributed by atoms with E-state index in [1.54, 1.807) is 24.0 Å². The second-order valence-electron chi connectivity index (χ2n) is 9.43. The molecule has 0 aliphatic carbocycles. The van der Waals surface area contributed by atoms with Gasteiger partial charge in [0.05, 0.1) is 16.1 Å². The van der Waals surface area contributed by atoms with E-state index < -0.39 is 0 Å². The fourth-order valence-electron chi connectivity index (χ4n) is 4.62. The van der Waals surface area contributed by atoms with Crippen LogP contribution in [0, 0.1) is 6.92 Å². The van der Waals surface area contributed by atoms with Crippen LogP contribution < -0.4 is 10.6 Å². The number of likely N-dealkylation sites (tertiary alicyclic amines) is 1. The van der Waals surface area contributed by atoms with Crippen molar-refractivity contribution in [1.82, 2.24) is 20.4 Å². The van der Waals surface area contributed by atoms with Crippen molar-refractivity contribution < 1.29 is 14.4 Å². The molecular weight excluding hydrogens is 498 g/mol. The molecule has 3 amide bonds. The van der Waals surface area contributed by atoms with Crippen LogP contribution in [0.2, 0.25) is 0 Å². The van der Waals surface area contributed by atoms with Crippen molar-refractivity contribution in [1.29, 1.82) is 0 Å². The third-order valence-corrected chi connectivity index (χ3v) is 7.84. The molecule has 9 heteroatoms. The van der Waals surface area contributed by atoms with E-state index in [2.05, 4.69) is 20.8 Å². The van der Waals surface area contributed by atoms with Gasteiger partial charge in [-0.3, -0.25) is 19.5 Å². The highest BCUT2D eigenvalue weighted by Crippen LogP contribution is 2.25. The van der Waals surface area contributed by atoms with Crippen LogP contribution in [0.5, 0.6) is 0 Å². The molecule has 0 unspecified atom stereocenters. The third-order valence-electron chi connectivity index (χ3n) is 6.83. The van der Waals surface area contributed by atoms with Crippen LogP contribution in [0.3, 0.4) is 0 Å².